The average molecular weight is 378 g/mol. The van der Waals surface area contributed by atoms with E-state index in [0.717, 1.165) is 23.6 Å². The quantitative estimate of drug-likeness (QED) is 0.565. The highest BCUT2D eigenvalue weighted by molar-refractivity contribution is 7.89. The zero-order chi connectivity index (χ0) is 18.6. The second-order valence-electron chi connectivity index (χ2n) is 5.92. The number of rotatable bonds is 6. The Balaban J connectivity index is 2.05. The molecule has 1 aliphatic rings. The molecule has 0 aliphatic carbocycles. The Labute approximate surface area is 145 Å². The minimum Gasteiger partial charge on any atom is -0.340 e. The lowest BCUT2D eigenvalue weighted by atomic mass is 10.2. The molecule has 25 heavy (non-hydrogen) atoms. The molecule has 0 atom stereocenters. The van der Waals surface area contributed by atoms with Gasteiger partial charge in [-0.05, 0) is 18.6 Å². The van der Waals surface area contributed by atoms with Crippen molar-refractivity contribution in [2.45, 2.75) is 37.5 Å². The summed E-state index contributed by atoms with van der Waals surface area (Å²) in [7, 11) is -4.29. The number of unbranched alkanes of at least 4 members (excludes halogenated alkanes) is 2. The third-order valence-corrected chi connectivity index (χ3v) is 6.12. The summed E-state index contributed by atoms with van der Waals surface area (Å²) in [4.78, 5) is 12.7. The zero-order valence-corrected chi connectivity index (χ0v) is 14.8. The molecule has 1 aliphatic heterocycles. The maximum absolute atomic E-state index is 13.8. The Hall–Kier alpha value is -1.61. The van der Waals surface area contributed by atoms with Crippen molar-refractivity contribution in [3.63, 3.8) is 0 Å². The topological polar surface area (TPSA) is 57.7 Å². The number of nitrogens with zero attached hydrogens (tertiary/aromatic N) is 2. The summed E-state index contributed by atoms with van der Waals surface area (Å²) in [5.41, 5.74) is 0. The van der Waals surface area contributed by atoms with Gasteiger partial charge >= 0.3 is 0 Å². The van der Waals surface area contributed by atoms with Gasteiger partial charge in [-0.2, -0.15) is 4.31 Å². The Morgan fingerprint density at radius 3 is 2.28 bits per heavy atom. The highest BCUT2D eigenvalue weighted by Gasteiger charge is 2.33. The molecule has 1 amide bonds. The first kappa shape index (κ1) is 19.7. The smallest absolute Gasteiger partial charge is 0.246 e. The summed E-state index contributed by atoms with van der Waals surface area (Å²) in [6.07, 6.45) is 3.15. The number of carbonyl (C=O) groups is 1. The molecule has 1 fully saturated rings. The van der Waals surface area contributed by atoms with Crippen LogP contribution in [0.25, 0.3) is 0 Å². The van der Waals surface area contributed by atoms with Crippen LogP contribution in [0, 0.1) is 17.5 Å². The van der Waals surface area contributed by atoms with Crippen LogP contribution in [-0.2, 0) is 14.8 Å². The largest absolute Gasteiger partial charge is 0.340 e. The Bertz CT molecular complexity index is 732. The number of amides is 1. The predicted octanol–water partition coefficient (Wildman–Crippen LogP) is 2.52. The van der Waals surface area contributed by atoms with Crippen molar-refractivity contribution in [1.29, 1.82) is 0 Å². The van der Waals surface area contributed by atoms with E-state index < -0.39 is 32.4 Å². The lowest BCUT2D eigenvalue weighted by Gasteiger charge is -2.34. The van der Waals surface area contributed by atoms with Crippen LogP contribution >= 0.6 is 0 Å². The number of benzene rings is 1. The first-order valence-corrected chi connectivity index (χ1v) is 9.64. The van der Waals surface area contributed by atoms with Crippen LogP contribution in [0.2, 0.25) is 0 Å². The van der Waals surface area contributed by atoms with Crippen LogP contribution < -0.4 is 0 Å². The van der Waals surface area contributed by atoms with Crippen LogP contribution in [0.4, 0.5) is 13.2 Å². The normalized spacial score (nSPS) is 16.2. The van der Waals surface area contributed by atoms with E-state index in [0.29, 0.717) is 18.6 Å². The predicted molar refractivity (Wildman–Crippen MR) is 85.8 cm³/mol. The van der Waals surface area contributed by atoms with Gasteiger partial charge < -0.3 is 4.90 Å². The summed E-state index contributed by atoms with van der Waals surface area (Å²) in [6.45, 7) is 2.39. The van der Waals surface area contributed by atoms with Gasteiger partial charge in [-0.1, -0.05) is 19.8 Å². The highest BCUT2D eigenvalue weighted by Crippen LogP contribution is 2.24. The van der Waals surface area contributed by atoms with Gasteiger partial charge in [0.25, 0.3) is 0 Å². The lowest BCUT2D eigenvalue weighted by Crippen LogP contribution is -2.50. The SMILES string of the molecule is CCCCCC(=O)N1CCN(S(=O)(=O)c2ccc(F)c(F)c2F)CC1. The highest BCUT2D eigenvalue weighted by atomic mass is 32.2. The fourth-order valence-electron chi connectivity index (χ4n) is 2.71. The van der Waals surface area contributed by atoms with Crippen LogP contribution in [0.1, 0.15) is 32.6 Å². The minimum atomic E-state index is -4.29. The third kappa shape index (κ3) is 4.33. The van der Waals surface area contributed by atoms with Crippen LogP contribution in [-0.4, -0.2) is 49.7 Å². The van der Waals surface area contributed by atoms with Gasteiger partial charge in [-0.25, -0.2) is 21.6 Å². The molecule has 1 aromatic carbocycles. The Morgan fingerprint density at radius 1 is 1.04 bits per heavy atom. The van der Waals surface area contributed by atoms with Gasteiger partial charge in [0.2, 0.25) is 15.9 Å². The molecular formula is C16H21F3N2O3S. The molecule has 0 unspecified atom stereocenters. The number of piperazine rings is 1. The molecule has 0 saturated carbocycles. The lowest BCUT2D eigenvalue weighted by molar-refractivity contribution is -0.132. The number of hydrogen-bond donors (Lipinski definition) is 0. The summed E-state index contributed by atoms with van der Waals surface area (Å²) in [5, 5.41) is 0. The van der Waals surface area contributed by atoms with E-state index >= 15 is 0 Å². The van der Waals surface area contributed by atoms with E-state index in [4.69, 9.17) is 0 Å². The Kier molecular flexibility index (Phi) is 6.45. The van der Waals surface area contributed by atoms with E-state index in [1.54, 1.807) is 4.90 Å². The molecule has 1 saturated heterocycles. The van der Waals surface area contributed by atoms with Crippen molar-refractivity contribution < 1.29 is 26.4 Å². The van der Waals surface area contributed by atoms with Gasteiger partial charge in [0.05, 0.1) is 0 Å². The number of carbonyl (C=O) groups excluding carboxylic acids is 1. The molecule has 0 aromatic heterocycles. The standard InChI is InChI=1S/C16H21F3N2O3S/c1-2-3-4-5-14(22)20-8-10-21(11-9-20)25(23,24)13-7-6-12(17)15(18)16(13)19/h6-7H,2-5,8-11H2,1H3. The first-order valence-electron chi connectivity index (χ1n) is 8.20. The van der Waals surface area contributed by atoms with Gasteiger partial charge in [-0.15, -0.1) is 0 Å². The van der Waals surface area contributed by atoms with Crippen molar-refractivity contribution in [1.82, 2.24) is 9.21 Å². The van der Waals surface area contributed by atoms with E-state index in [1.807, 2.05) is 6.92 Å². The molecule has 9 heteroatoms. The van der Waals surface area contributed by atoms with Gasteiger partial charge in [0, 0.05) is 32.6 Å². The maximum Gasteiger partial charge on any atom is 0.246 e. The number of hydrogen-bond acceptors (Lipinski definition) is 3. The van der Waals surface area contributed by atoms with Crippen molar-refractivity contribution in [2.75, 3.05) is 26.2 Å². The average Bonchev–Trinajstić information content (AvgIpc) is 2.59. The van der Waals surface area contributed by atoms with E-state index in [9.17, 15) is 26.4 Å². The molecule has 1 heterocycles. The Morgan fingerprint density at radius 2 is 1.68 bits per heavy atom. The van der Waals surface area contributed by atoms with Crippen LogP contribution in [0.3, 0.4) is 0 Å². The molecule has 2 rings (SSSR count). The van der Waals surface area contributed by atoms with Crippen molar-refractivity contribution >= 4 is 15.9 Å². The summed E-state index contributed by atoms with van der Waals surface area (Å²) in [6, 6.07) is 1.30. The second-order valence-corrected chi connectivity index (χ2v) is 7.82. The number of halogens is 3. The van der Waals surface area contributed by atoms with Crippen molar-refractivity contribution in [3.05, 3.63) is 29.6 Å². The molecular weight excluding hydrogens is 357 g/mol. The molecule has 0 radical (unpaired) electrons. The first-order chi connectivity index (χ1) is 11.8. The summed E-state index contributed by atoms with van der Waals surface area (Å²) >= 11 is 0. The third-order valence-electron chi connectivity index (χ3n) is 4.20. The molecule has 140 valence electrons. The fraction of sp³-hybridized carbons (Fsp3) is 0.562. The van der Waals surface area contributed by atoms with Crippen LogP contribution in [0.5, 0.6) is 0 Å². The summed E-state index contributed by atoms with van der Waals surface area (Å²) in [5.74, 6) is -5.02. The van der Waals surface area contributed by atoms with E-state index in [1.165, 1.54) is 0 Å². The summed E-state index contributed by atoms with van der Waals surface area (Å²) < 4.78 is 66.0. The maximum atomic E-state index is 13.8. The monoisotopic (exact) mass is 378 g/mol. The zero-order valence-electron chi connectivity index (χ0n) is 14.0. The number of sulfonamides is 1. The second kappa shape index (κ2) is 8.18. The van der Waals surface area contributed by atoms with Crippen LogP contribution in [0.15, 0.2) is 17.0 Å². The van der Waals surface area contributed by atoms with Gasteiger partial charge in [0.1, 0.15) is 4.90 Å². The fourth-order valence-corrected chi connectivity index (χ4v) is 4.19. The van der Waals surface area contributed by atoms with E-state index in [-0.39, 0.29) is 32.1 Å². The van der Waals surface area contributed by atoms with Crippen molar-refractivity contribution in [2.24, 2.45) is 0 Å². The minimum absolute atomic E-state index is 0.0136. The molecule has 0 N–H and O–H groups in total. The molecule has 0 spiro atoms. The van der Waals surface area contributed by atoms with E-state index in [2.05, 4.69) is 0 Å². The molecule has 0 bridgehead atoms. The van der Waals surface area contributed by atoms with Crippen molar-refractivity contribution in [3.8, 4) is 0 Å². The van der Waals surface area contributed by atoms with Gasteiger partial charge in [-0.3, -0.25) is 4.79 Å². The molecule has 5 nitrogen and oxygen atoms in total. The molecule has 1 aromatic rings. The van der Waals surface area contributed by atoms with Gasteiger partial charge in [0.15, 0.2) is 17.5 Å².